The Balaban J connectivity index is 2.28. The van der Waals surface area contributed by atoms with Crippen LogP contribution in [0.2, 0.25) is 0 Å². The first-order valence-electron chi connectivity index (χ1n) is 6.20. The molecule has 0 saturated carbocycles. The van der Waals surface area contributed by atoms with Gasteiger partial charge in [0, 0.05) is 7.05 Å². The van der Waals surface area contributed by atoms with E-state index >= 15 is 0 Å². The van der Waals surface area contributed by atoms with Crippen LogP contribution in [0.4, 0.5) is 0 Å². The van der Waals surface area contributed by atoms with Gasteiger partial charge >= 0.3 is 5.97 Å². The number of nitrogens with zero attached hydrogens (tertiary/aromatic N) is 2. The summed E-state index contributed by atoms with van der Waals surface area (Å²) in [6.07, 6.45) is 0. The first-order valence-corrected chi connectivity index (χ1v) is 6.20. The van der Waals surface area contributed by atoms with Gasteiger partial charge in [-0.15, -0.1) is 0 Å². The van der Waals surface area contributed by atoms with Crippen molar-refractivity contribution in [2.45, 2.75) is 13.8 Å². The van der Waals surface area contributed by atoms with Crippen LogP contribution in [0.25, 0.3) is 0 Å². The summed E-state index contributed by atoms with van der Waals surface area (Å²) in [5.41, 5.74) is 0.488. The quantitative estimate of drug-likeness (QED) is 0.908. The van der Waals surface area contributed by atoms with Crippen LogP contribution in [0.5, 0.6) is 17.4 Å². The van der Waals surface area contributed by atoms with Gasteiger partial charge in [0.1, 0.15) is 17.1 Å². The minimum atomic E-state index is -1.06. The smallest absolute Gasteiger partial charge is 0.343 e. The summed E-state index contributed by atoms with van der Waals surface area (Å²) in [4.78, 5) is 11.2. The molecule has 1 N–H and O–H groups in total. The van der Waals surface area contributed by atoms with Gasteiger partial charge in [0.05, 0.1) is 12.3 Å². The molecule has 6 nitrogen and oxygen atoms in total. The van der Waals surface area contributed by atoms with Crippen molar-refractivity contribution in [1.82, 2.24) is 9.78 Å². The van der Waals surface area contributed by atoms with Crippen LogP contribution >= 0.6 is 0 Å². The molecule has 0 saturated heterocycles. The second kappa shape index (κ2) is 5.64. The van der Waals surface area contributed by atoms with E-state index in [1.165, 1.54) is 4.68 Å². The first-order chi connectivity index (χ1) is 9.52. The Kier molecular flexibility index (Phi) is 3.93. The molecule has 0 bridgehead atoms. The van der Waals surface area contributed by atoms with Crippen LogP contribution in [0.3, 0.4) is 0 Å². The molecule has 20 heavy (non-hydrogen) atoms. The summed E-state index contributed by atoms with van der Waals surface area (Å²) in [6, 6.07) is 6.98. The molecule has 0 spiro atoms. The van der Waals surface area contributed by atoms with Crippen molar-refractivity contribution in [2.24, 2.45) is 7.05 Å². The topological polar surface area (TPSA) is 73.6 Å². The number of ether oxygens (including phenoxy) is 2. The number of aryl methyl sites for hydroxylation is 2. The second-order valence-corrected chi connectivity index (χ2v) is 4.20. The molecule has 0 aliphatic rings. The zero-order valence-electron chi connectivity index (χ0n) is 11.6. The van der Waals surface area contributed by atoms with Gasteiger partial charge in [-0.05, 0) is 38.1 Å². The largest absolute Gasteiger partial charge is 0.494 e. The molecule has 0 amide bonds. The van der Waals surface area contributed by atoms with Crippen molar-refractivity contribution in [3.63, 3.8) is 0 Å². The van der Waals surface area contributed by atoms with E-state index in [2.05, 4.69) is 5.10 Å². The highest BCUT2D eigenvalue weighted by atomic mass is 16.5. The molecule has 2 aromatic rings. The Labute approximate surface area is 116 Å². The lowest BCUT2D eigenvalue weighted by molar-refractivity contribution is 0.0693. The number of rotatable bonds is 5. The second-order valence-electron chi connectivity index (χ2n) is 4.20. The van der Waals surface area contributed by atoms with Crippen LogP contribution in [0, 0.1) is 6.92 Å². The van der Waals surface area contributed by atoms with Crippen molar-refractivity contribution >= 4 is 5.97 Å². The monoisotopic (exact) mass is 276 g/mol. The maximum Gasteiger partial charge on any atom is 0.343 e. The fourth-order valence-electron chi connectivity index (χ4n) is 1.88. The minimum Gasteiger partial charge on any atom is -0.494 e. The number of carboxylic acid groups (broad SMARTS) is 1. The van der Waals surface area contributed by atoms with Gasteiger partial charge in [-0.3, -0.25) is 0 Å². The van der Waals surface area contributed by atoms with Crippen LogP contribution < -0.4 is 9.47 Å². The van der Waals surface area contributed by atoms with Crippen molar-refractivity contribution in [3.8, 4) is 17.4 Å². The summed E-state index contributed by atoms with van der Waals surface area (Å²) >= 11 is 0. The van der Waals surface area contributed by atoms with E-state index in [-0.39, 0.29) is 11.4 Å². The van der Waals surface area contributed by atoms with Gasteiger partial charge in [0.25, 0.3) is 0 Å². The average molecular weight is 276 g/mol. The maximum absolute atomic E-state index is 11.2. The van der Waals surface area contributed by atoms with Gasteiger partial charge in [-0.2, -0.15) is 5.10 Å². The molecular weight excluding hydrogens is 260 g/mol. The number of aromatic nitrogens is 2. The van der Waals surface area contributed by atoms with Crippen molar-refractivity contribution in [3.05, 3.63) is 35.5 Å². The summed E-state index contributed by atoms with van der Waals surface area (Å²) in [7, 11) is 1.64. The van der Waals surface area contributed by atoms with Gasteiger partial charge < -0.3 is 14.6 Å². The molecule has 1 aromatic heterocycles. The summed E-state index contributed by atoms with van der Waals surface area (Å²) in [5, 5.41) is 13.3. The van der Waals surface area contributed by atoms with Crippen molar-refractivity contribution in [1.29, 1.82) is 0 Å². The number of carbonyl (C=O) groups is 1. The zero-order chi connectivity index (χ0) is 14.7. The standard InChI is InChI=1S/C14H16N2O4/c1-4-19-10-5-7-11(8-6-10)20-13-12(14(17)18)9(2)15-16(13)3/h5-8H,4H2,1-3H3,(H,17,18). The van der Waals surface area contributed by atoms with E-state index < -0.39 is 5.97 Å². The molecule has 0 aliphatic carbocycles. The van der Waals surface area contributed by atoms with Crippen LogP contribution in [-0.2, 0) is 7.05 Å². The molecule has 0 unspecified atom stereocenters. The van der Waals surface area contributed by atoms with Crippen LogP contribution in [-0.4, -0.2) is 27.5 Å². The minimum absolute atomic E-state index is 0.0707. The molecule has 2 rings (SSSR count). The lowest BCUT2D eigenvalue weighted by atomic mass is 10.2. The number of benzene rings is 1. The SMILES string of the molecule is CCOc1ccc(Oc2c(C(=O)O)c(C)nn2C)cc1. The third-order valence-electron chi connectivity index (χ3n) is 2.73. The van der Waals surface area contributed by atoms with Crippen LogP contribution in [0.1, 0.15) is 23.0 Å². The molecule has 106 valence electrons. The van der Waals surface area contributed by atoms with Gasteiger partial charge in [0.15, 0.2) is 0 Å². The highest BCUT2D eigenvalue weighted by molar-refractivity contribution is 5.91. The Hall–Kier alpha value is -2.50. The molecular formula is C14H16N2O4. The average Bonchev–Trinajstić information content (AvgIpc) is 2.67. The number of carboxylic acids is 1. The highest BCUT2D eigenvalue weighted by Gasteiger charge is 2.21. The Bertz CT molecular complexity index is 617. The molecule has 0 radical (unpaired) electrons. The first kappa shape index (κ1) is 13.9. The van der Waals surface area contributed by atoms with E-state index in [9.17, 15) is 9.90 Å². The molecule has 1 heterocycles. The molecule has 0 atom stereocenters. The van der Waals surface area contributed by atoms with E-state index in [0.717, 1.165) is 5.75 Å². The number of aromatic carboxylic acids is 1. The van der Waals surface area contributed by atoms with E-state index in [4.69, 9.17) is 9.47 Å². The van der Waals surface area contributed by atoms with Crippen molar-refractivity contribution < 1.29 is 19.4 Å². The van der Waals surface area contributed by atoms with Crippen LogP contribution in [0.15, 0.2) is 24.3 Å². The number of hydrogen-bond acceptors (Lipinski definition) is 4. The lowest BCUT2D eigenvalue weighted by Crippen LogP contribution is -2.02. The zero-order valence-corrected chi connectivity index (χ0v) is 11.6. The van der Waals surface area contributed by atoms with Gasteiger partial charge in [-0.1, -0.05) is 0 Å². The molecule has 0 aliphatic heterocycles. The predicted octanol–water partition coefficient (Wildman–Crippen LogP) is 2.62. The van der Waals surface area contributed by atoms with E-state index in [1.807, 2.05) is 6.92 Å². The maximum atomic E-state index is 11.2. The van der Waals surface area contributed by atoms with E-state index in [1.54, 1.807) is 38.2 Å². The Morgan fingerprint density at radius 3 is 2.45 bits per heavy atom. The lowest BCUT2D eigenvalue weighted by Gasteiger charge is -2.08. The third-order valence-corrected chi connectivity index (χ3v) is 2.73. The number of hydrogen-bond donors (Lipinski definition) is 1. The molecule has 1 aromatic carbocycles. The normalized spacial score (nSPS) is 10.3. The predicted molar refractivity (Wildman–Crippen MR) is 72.6 cm³/mol. The highest BCUT2D eigenvalue weighted by Crippen LogP contribution is 2.28. The summed E-state index contributed by atoms with van der Waals surface area (Å²) in [6.45, 7) is 4.13. The fraction of sp³-hybridized carbons (Fsp3) is 0.286. The van der Waals surface area contributed by atoms with Gasteiger partial charge in [0.2, 0.25) is 5.88 Å². The summed E-state index contributed by atoms with van der Waals surface area (Å²) < 4.78 is 12.4. The third kappa shape index (κ3) is 2.74. The van der Waals surface area contributed by atoms with Crippen molar-refractivity contribution in [2.75, 3.05) is 6.61 Å². The molecule has 0 fully saturated rings. The summed E-state index contributed by atoms with van der Waals surface area (Å²) in [5.74, 6) is 0.411. The van der Waals surface area contributed by atoms with Gasteiger partial charge in [-0.25, -0.2) is 9.48 Å². The Morgan fingerprint density at radius 2 is 1.90 bits per heavy atom. The van der Waals surface area contributed by atoms with E-state index in [0.29, 0.717) is 18.1 Å². The fourth-order valence-corrected chi connectivity index (χ4v) is 1.88. The Morgan fingerprint density at radius 1 is 1.30 bits per heavy atom. The molecule has 6 heteroatoms.